The molecule has 1 saturated heterocycles. The van der Waals surface area contributed by atoms with Crippen LogP contribution in [0.15, 0.2) is 48.5 Å². The lowest BCUT2D eigenvalue weighted by molar-refractivity contribution is -0.116. The molecule has 5 nitrogen and oxygen atoms in total. The molecule has 1 aliphatic heterocycles. The van der Waals surface area contributed by atoms with Gasteiger partial charge in [0.1, 0.15) is 5.75 Å². The van der Waals surface area contributed by atoms with Crippen LogP contribution in [0.4, 0.5) is 0 Å². The first-order valence-electron chi connectivity index (χ1n) is 9.63. The summed E-state index contributed by atoms with van der Waals surface area (Å²) in [5.74, 6) is 0.634. The number of ether oxygens (including phenoxy) is 2. The Kier molecular flexibility index (Phi) is 7.23. The van der Waals surface area contributed by atoms with E-state index >= 15 is 0 Å². The average Bonchev–Trinajstić information content (AvgIpc) is 2.72. The van der Waals surface area contributed by atoms with Gasteiger partial charge in [-0.2, -0.15) is 0 Å². The van der Waals surface area contributed by atoms with Crippen LogP contribution >= 0.6 is 0 Å². The number of hydrogen-bond acceptors (Lipinski definition) is 4. The number of nitrogens with one attached hydrogen (secondary N) is 1. The molecule has 3 rings (SSSR count). The van der Waals surface area contributed by atoms with Gasteiger partial charge in [-0.1, -0.05) is 35.9 Å². The fourth-order valence-electron chi connectivity index (χ4n) is 3.28. The molecule has 2 aromatic carbocycles. The van der Waals surface area contributed by atoms with E-state index in [1.54, 1.807) is 19.3 Å². The van der Waals surface area contributed by atoms with E-state index < -0.39 is 0 Å². The lowest BCUT2D eigenvalue weighted by Crippen LogP contribution is -2.36. The van der Waals surface area contributed by atoms with Crippen LogP contribution in [0.5, 0.6) is 5.75 Å². The predicted octanol–water partition coefficient (Wildman–Crippen LogP) is 3.17. The number of hydrogen-bond donors (Lipinski definition) is 1. The van der Waals surface area contributed by atoms with Crippen molar-refractivity contribution in [2.45, 2.75) is 20.0 Å². The first kappa shape index (κ1) is 20.1. The third-order valence-electron chi connectivity index (χ3n) is 4.87. The van der Waals surface area contributed by atoms with Gasteiger partial charge < -0.3 is 14.8 Å². The monoisotopic (exact) mass is 380 g/mol. The van der Waals surface area contributed by atoms with Gasteiger partial charge in [-0.05, 0) is 36.3 Å². The third kappa shape index (κ3) is 5.68. The molecule has 2 aromatic rings. The largest absolute Gasteiger partial charge is 0.496 e. The highest BCUT2D eigenvalue weighted by atomic mass is 16.5. The lowest BCUT2D eigenvalue weighted by Gasteiger charge is -2.27. The van der Waals surface area contributed by atoms with Crippen LogP contribution < -0.4 is 10.1 Å². The number of morpholine rings is 1. The molecule has 1 aliphatic rings. The minimum absolute atomic E-state index is 0.121. The second kappa shape index (κ2) is 10.1. The van der Waals surface area contributed by atoms with Gasteiger partial charge in [-0.25, -0.2) is 0 Å². The number of carbonyl (C=O) groups is 1. The van der Waals surface area contributed by atoms with Crippen molar-refractivity contribution in [2.24, 2.45) is 0 Å². The molecule has 1 heterocycles. The highest BCUT2D eigenvalue weighted by molar-refractivity contribution is 5.92. The van der Waals surface area contributed by atoms with E-state index in [0.717, 1.165) is 55.3 Å². The molecule has 0 unspecified atom stereocenters. The molecule has 1 amide bonds. The number of methoxy groups -OCH3 is 1. The van der Waals surface area contributed by atoms with Crippen molar-refractivity contribution in [3.63, 3.8) is 0 Å². The Bertz CT molecular complexity index is 826. The second-order valence-electron chi connectivity index (χ2n) is 6.95. The Morgan fingerprint density at radius 1 is 1.18 bits per heavy atom. The topological polar surface area (TPSA) is 50.8 Å². The van der Waals surface area contributed by atoms with Gasteiger partial charge in [0.2, 0.25) is 5.91 Å². The van der Waals surface area contributed by atoms with Gasteiger partial charge >= 0.3 is 0 Å². The summed E-state index contributed by atoms with van der Waals surface area (Å²) in [7, 11) is 1.63. The van der Waals surface area contributed by atoms with Crippen molar-refractivity contribution >= 4 is 12.0 Å². The Morgan fingerprint density at radius 3 is 2.68 bits per heavy atom. The zero-order valence-corrected chi connectivity index (χ0v) is 16.6. The van der Waals surface area contributed by atoms with E-state index in [1.807, 2.05) is 37.3 Å². The van der Waals surface area contributed by atoms with E-state index in [4.69, 9.17) is 9.47 Å². The molecule has 0 saturated carbocycles. The van der Waals surface area contributed by atoms with Crippen LogP contribution in [-0.2, 0) is 22.6 Å². The van der Waals surface area contributed by atoms with E-state index in [0.29, 0.717) is 6.54 Å². The molecule has 0 spiro atoms. The van der Waals surface area contributed by atoms with Crippen LogP contribution in [0, 0.1) is 6.92 Å². The zero-order chi connectivity index (χ0) is 19.8. The van der Waals surface area contributed by atoms with E-state index in [1.165, 1.54) is 5.56 Å². The number of carbonyl (C=O) groups excluding carboxylic acids is 1. The van der Waals surface area contributed by atoms with Crippen LogP contribution in [0.3, 0.4) is 0 Å². The number of rotatable bonds is 7. The van der Waals surface area contributed by atoms with Gasteiger partial charge in [-0.3, -0.25) is 9.69 Å². The van der Waals surface area contributed by atoms with Crippen molar-refractivity contribution in [1.29, 1.82) is 0 Å². The van der Waals surface area contributed by atoms with E-state index in [9.17, 15) is 4.79 Å². The molecular formula is C23H28N2O3. The van der Waals surface area contributed by atoms with Crippen molar-refractivity contribution in [1.82, 2.24) is 10.2 Å². The summed E-state index contributed by atoms with van der Waals surface area (Å²) in [6.45, 7) is 6.87. The van der Waals surface area contributed by atoms with Gasteiger partial charge in [0.25, 0.3) is 0 Å². The molecule has 0 aliphatic carbocycles. The van der Waals surface area contributed by atoms with Gasteiger partial charge in [-0.15, -0.1) is 0 Å². The van der Waals surface area contributed by atoms with Gasteiger partial charge in [0, 0.05) is 37.8 Å². The Morgan fingerprint density at radius 2 is 1.93 bits per heavy atom. The van der Waals surface area contributed by atoms with Crippen molar-refractivity contribution in [3.05, 3.63) is 70.8 Å². The molecule has 0 radical (unpaired) electrons. The Labute approximate surface area is 167 Å². The molecular weight excluding hydrogens is 352 g/mol. The Balaban J connectivity index is 1.59. The quantitative estimate of drug-likeness (QED) is 0.750. The average molecular weight is 380 g/mol. The zero-order valence-electron chi connectivity index (χ0n) is 16.6. The highest BCUT2D eigenvalue weighted by Gasteiger charge is 2.12. The lowest BCUT2D eigenvalue weighted by atomic mass is 10.1. The van der Waals surface area contributed by atoms with E-state index in [2.05, 4.69) is 22.3 Å². The number of nitrogens with zero attached hydrogens (tertiary/aromatic N) is 1. The minimum atomic E-state index is -0.121. The molecule has 148 valence electrons. The summed E-state index contributed by atoms with van der Waals surface area (Å²) in [5, 5.41) is 2.99. The summed E-state index contributed by atoms with van der Waals surface area (Å²) in [4.78, 5) is 14.7. The highest BCUT2D eigenvalue weighted by Crippen LogP contribution is 2.21. The first-order valence-corrected chi connectivity index (χ1v) is 9.63. The van der Waals surface area contributed by atoms with Crippen molar-refractivity contribution in [3.8, 4) is 5.75 Å². The minimum Gasteiger partial charge on any atom is -0.496 e. The predicted molar refractivity (Wildman–Crippen MR) is 111 cm³/mol. The standard InChI is InChI=1S/C23H28N2O3/c1-18-7-9-22(27-2)19(15-18)8-10-23(26)24-16-20-5-3-4-6-21(20)17-25-11-13-28-14-12-25/h3-10,15H,11-14,16-17H2,1-2H3,(H,24,26)/b10-8+. The normalized spacial score (nSPS) is 14.9. The van der Waals surface area contributed by atoms with E-state index in [-0.39, 0.29) is 5.91 Å². The molecule has 1 N–H and O–H groups in total. The van der Waals surface area contributed by atoms with Gasteiger partial charge in [0.05, 0.1) is 20.3 Å². The summed E-state index contributed by atoms with van der Waals surface area (Å²) < 4.78 is 10.8. The van der Waals surface area contributed by atoms with Crippen molar-refractivity contribution < 1.29 is 14.3 Å². The fourth-order valence-corrected chi connectivity index (χ4v) is 3.28. The van der Waals surface area contributed by atoms with Crippen LogP contribution in [0.1, 0.15) is 22.3 Å². The smallest absolute Gasteiger partial charge is 0.244 e. The summed E-state index contributed by atoms with van der Waals surface area (Å²) in [5.41, 5.74) is 4.40. The SMILES string of the molecule is COc1ccc(C)cc1/C=C/C(=O)NCc1ccccc1CN1CCOCC1. The first-order chi connectivity index (χ1) is 13.7. The molecule has 0 aromatic heterocycles. The van der Waals surface area contributed by atoms with Crippen LogP contribution in [-0.4, -0.2) is 44.2 Å². The maximum absolute atomic E-state index is 12.3. The molecule has 1 fully saturated rings. The summed E-state index contributed by atoms with van der Waals surface area (Å²) in [6, 6.07) is 14.2. The number of amides is 1. The molecule has 0 bridgehead atoms. The molecule has 28 heavy (non-hydrogen) atoms. The number of aryl methyl sites for hydroxylation is 1. The molecule has 5 heteroatoms. The maximum atomic E-state index is 12.3. The molecule has 0 atom stereocenters. The van der Waals surface area contributed by atoms with Crippen molar-refractivity contribution in [2.75, 3.05) is 33.4 Å². The summed E-state index contributed by atoms with van der Waals surface area (Å²) in [6.07, 6.45) is 3.35. The third-order valence-corrected chi connectivity index (χ3v) is 4.87. The Hall–Kier alpha value is -2.63. The second-order valence-corrected chi connectivity index (χ2v) is 6.95. The van der Waals surface area contributed by atoms with Crippen LogP contribution in [0.25, 0.3) is 6.08 Å². The van der Waals surface area contributed by atoms with Crippen LogP contribution in [0.2, 0.25) is 0 Å². The summed E-state index contributed by atoms with van der Waals surface area (Å²) >= 11 is 0. The van der Waals surface area contributed by atoms with Gasteiger partial charge in [0.15, 0.2) is 0 Å². The number of benzene rings is 2. The maximum Gasteiger partial charge on any atom is 0.244 e. The fraction of sp³-hybridized carbons (Fsp3) is 0.348.